The highest BCUT2D eigenvalue weighted by Crippen LogP contribution is 2.23. The number of amides is 2. The van der Waals surface area contributed by atoms with Crippen molar-refractivity contribution < 1.29 is 93.9 Å². The average molecular weight is 850 g/mol. The second-order valence-electron chi connectivity index (χ2n) is 11.8. The number of aryl methyl sites for hydroxylation is 1. The van der Waals surface area contributed by atoms with Crippen LogP contribution in [0.4, 0.5) is 39.5 Å². The molecule has 1 aromatic heterocycles. The third-order valence-corrected chi connectivity index (χ3v) is 7.36. The molecule has 4 rings (SSSR count). The van der Waals surface area contributed by atoms with Gasteiger partial charge in [-0.25, -0.2) is 19.9 Å². The summed E-state index contributed by atoms with van der Waals surface area (Å²) in [4.78, 5) is 58.4. The second kappa shape index (κ2) is 22.2. The largest absolute Gasteiger partial charge is 0.490 e. The highest BCUT2D eigenvalue weighted by molar-refractivity contribution is 5.95. The molecule has 2 heterocycles. The van der Waals surface area contributed by atoms with Crippen LogP contribution in [0.15, 0.2) is 54.6 Å². The Balaban J connectivity index is 0.000000655. The third kappa shape index (κ3) is 17.6. The van der Waals surface area contributed by atoms with Crippen molar-refractivity contribution in [3.8, 4) is 5.75 Å². The predicted molar refractivity (Wildman–Crippen MR) is 179 cm³/mol. The SMILES string of the molecule is Cc1cc(COc2ccc(C(=O)N[C@@H]3CN(C[C@@H](N)CO)CC[C@@H]3C(=O)NO)cc2)c2ccccc2n1.O=C(O)C(F)(F)F.O=C(O)C(F)(F)F.O=C(O)C(F)(F)F. The number of carbonyl (C=O) groups excluding carboxylic acids is 2. The number of ether oxygens (including phenoxy) is 1. The first-order valence-electron chi connectivity index (χ1n) is 16.0. The molecule has 2 aromatic carbocycles. The van der Waals surface area contributed by atoms with Crippen LogP contribution in [0.3, 0.4) is 0 Å². The molecule has 25 heteroatoms. The van der Waals surface area contributed by atoms with Crippen molar-refractivity contribution in [3.05, 3.63) is 71.4 Å². The first-order chi connectivity index (χ1) is 26.7. The number of nitrogens with two attached hydrogens (primary N) is 1. The van der Waals surface area contributed by atoms with Crippen molar-refractivity contribution in [1.29, 1.82) is 0 Å². The normalized spacial score (nSPS) is 16.1. The molecule has 0 spiro atoms. The molecular formula is C33H36F9N5O11. The molecule has 1 saturated heterocycles. The molecule has 0 unspecified atom stereocenters. The molecule has 0 radical (unpaired) electrons. The number of piperidine rings is 1. The fourth-order valence-corrected chi connectivity index (χ4v) is 4.75. The van der Waals surface area contributed by atoms with E-state index in [4.69, 9.17) is 45.4 Å². The smallest absolute Gasteiger partial charge is 0.489 e. The van der Waals surface area contributed by atoms with Crippen molar-refractivity contribution in [3.63, 3.8) is 0 Å². The lowest BCUT2D eigenvalue weighted by Crippen LogP contribution is -2.57. The summed E-state index contributed by atoms with van der Waals surface area (Å²) in [5.41, 5.74) is 10.8. The first-order valence-corrected chi connectivity index (χ1v) is 16.0. The van der Waals surface area contributed by atoms with Crippen LogP contribution in [0.5, 0.6) is 5.75 Å². The van der Waals surface area contributed by atoms with Gasteiger partial charge in [-0.15, -0.1) is 0 Å². The molecule has 1 aliphatic rings. The lowest BCUT2D eigenvalue weighted by molar-refractivity contribution is -0.193. The maximum atomic E-state index is 13.0. The first kappa shape index (κ1) is 50.2. The van der Waals surface area contributed by atoms with Crippen LogP contribution in [0, 0.1) is 12.8 Å². The van der Waals surface area contributed by atoms with Crippen LogP contribution in [0.25, 0.3) is 10.9 Å². The van der Waals surface area contributed by atoms with E-state index in [1.54, 1.807) is 29.7 Å². The summed E-state index contributed by atoms with van der Waals surface area (Å²) in [5.74, 6) is -9.12. The molecule has 1 fully saturated rings. The maximum absolute atomic E-state index is 13.0. The van der Waals surface area contributed by atoms with E-state index in [1.165, 1.54) is 0 Å². The number of aromatic nitrogens is 1. The van der Waals surface area contributed by atoms with Crippen LogP contribution in [0.2, 0.25) is 0 Å². The maximum Gasteiger partial charge on any atom is 0.490 e. The number of hydroxylamine groups is 1. The van der Waals surface area contributed by atoms with Gasteiger partial charge in [-0.3, -0.25) is 24.7 Å². The second-order valence-corrected chi connectivity index (χ2v) is 11.8. The summed E-state index contributed by atoms with van der Waals surface area (Å²) in [7, 11) is 0. The number of halogens is 9. The van der Waals surface area contributed by atoms with Gasteiger partial charge >= 0.3 is 36.4 Å². The quantitative estimate of drug-likeness (QED) is 0.0874. The van der Waals surface area contributed by atoms with Crippen LogP contribution in [0.1, 0.15) is 28.0 Å². The number of para-hydroxylation sites is 1. The minimum atomic E-state index is -5.08. The highest BCUT2D eigenvalue weighted by atomic mass is 19.4. The molecule has 322 valence electrons. The summed E-state index contributed by atoms with van der Waals surface area (Å²) in [6.07, 6.45) is -14.8. The fourth-order valence-electron chi connectivity index (χ4n) is 4.75. The minimum Gasteiger partial charge on any atom is -0.489 e. The van der Waals surface area contributed by atoms with E-state index in [2.05, 4.69) is 10.3 Å². The van der Waals surface area contributed by atoms with Crippen LogP contribution >= 0.6 is 0 Å². The van der Waals surface area contributed by atoms with Crippen molar-refractivity contribution in [2.75, 3.05) is 26.2 Å². The van der Waals surface area contributed by atoms with Crippen LogP contribution < -0.4 is 21.3 Å². The van der Waals surface area contributed by atoms with Gasteiger partial charge in [-0.2, -0.15) is 39.5 Å². The van der Waals surface area contributed by atoms with Crippen LogP contribution in [-0.2, 0) is 25.8 Å². The molecule has 9 N–H and O–H groups in total. The summed E-state index contributed by atoms with van der Waals surface area (Å²) in [6, 6.07) is 15.8. The molecular weight excluding hydrogens is 813 g/mol. The number of benzene rings is 2. The number of carboxylic acid groups (broad SMARTS) is 3. The van der Waals surface area contributed by atoms with Crippen molar-refractivity contribution in [1.82, 2.24) is 20.7 Å². The van der Waals surface area contributed by atoms with E-state index in [1.807, 2.05) is 42.2 Å². The van der Waals surface area contributed by atoms with Gasteiger partial charge in [0.2, 0.25) is 5.91 Å². The van der Waals surface area contributed by atoms with E-state index in [0.29, 0.717) is 44.0 Å². The summed E-state index contributed by atoms with van der Waals surface area (Å²) in [5, 5.41) is 43.7. The molecule has 0 saturated carbocycles. The Labute approximate surface area is 321 Å². The van der Waals surface area contributed by atoms with Crippen molar-refractivity contribution >= 4 is 40.6 Å². The van der Waals surface area contributed by atoms with E-state index in [0.717, 1.165) is 22.2 Å². The van der Waals surface area contributed by atoms with Gasteiger partial charge in [0.05, 0.1) is 24.1 Å². The number of hydrogen-bond donors (Lipinski definition) is 8. The number of aliphatic hydroxyl groups is 1. The number of aliphatic hydroxyl groups excluding tert-OH is 1. The summed E-state index contributed by atoms with van der Waals surface area (Å²) >= 11 is 0. The van der Waals surface area contributed by atoms with Gasteiger partial charge < -0.3 is 36.2 Å². The number of carboxylic acids is 3. The lowest BCUT2D eigenvalue weighted by Gasteiger charge is -2.38. The Bertz CT molecular complexity index is 1790. The van der Waals surface area contributed by atoms with Crippen molar-refractivity contribution in [2.24, 2.45) is 11.7 Å². The van der Waals surface area contributed by atoms with Gasteiger partial charge in [-0.05, 0) is 56.3 Å². The molecule has 0 bridgehead atoms. The number of nitrogens with one attached hydrogen (secondary N) is 2. The van der Waals surface area contributed by atoms with E-state index < -0.39 is 60.3 Å². The zero-order valence-corrected chi connectivity index (χ0v) is 29.7. The van der Waals surface area contributed by atoms with Gasteiger partial charge in [0, 0.05) is 41.3 Å². The van der Waals surface area contributed by atoms with Gasteiger partial charge in [0.25, 0.3) is 5.91 Å². The zero-order valence-electron chi connectivity index (χ0n) is 29.7. The predicted octanol–water partition coefficient (Wildman–Crippen LogP) is 3.27. The van der Waals surface area contributed by atoms with E-state index in [-0.39, 0.29) is 12.5 Å². The molecule has 2 amide bonds. The Morgan fingerprint density at radius 1 is 0.879 bits per heavy atom. The Morgan fingerprint density at radius 3 is 1.84 bits per heavy atom. The molecule has 58 heavy (non-hydrogen) atoms. The van der Waals surface area contributed by atoms with Crippen molar-refractivity contribution in [2.45, 2.75) is 50.6 Å². The Morgan fingerprint density at radius 2 is 1.38 bits per heavy atom. The number of aliphatic carboxylic acids is 3. The summed E-state index contributed by atoms with van der Waals surface area (Å²) < 4.78 is 101. The zero-order chi connectivity index (χ0) is 44.6. The molecule has 1 aliphatic heterocycles. The summed E-state index contributed by atoms with van der Waals surface area (Å²) in [6.45, 7) is 3.54. The van der Waals surface area contributed by atoms with E-state index in [9.17, 15) is 54.2 Å². The monoisotopic (exact) mass is 849 g/mol. The van der Waals surface area contributed by atoms with Crippen LogP contribution in [-0.4, -0.2) is 122 Å². The lowest BCUT2D eigenvalue weighted by atomic mass is 9.90. The molecule has 0 aliphatic carbocycles. The Kier molecular flexibility index (Phi) is 19.3. The fraction of sp³-hybridized carbons (Fsp3) is 0.394. The Hall–Kier alpha value is -5.79. The topological polar surface area (TPSA) is 262 Å². The third-order valence-electron chi connectivity index (χ3n) is 7.36. The van der Waals surface area contributed by atoms with Gasteiger partial charge in [-0.1, -0.05) is 18.2 Å². The average Bonchev–Trinajstić information content (AvgIpc) is 3.13. The number of nitrogens with zero attached hydrogens (tertiary/aromatic N) is 2. The number of carbonyl (C=O) groups is 5. The molecule has 3 atom stereocenters. The number of likely N-dealkylation sites (tertiary alicyclic amines) is 1. The number of alkyl halides is 9. The number of pyridine rings is 1. The number of hydrogen-bond acceptors (Lipinski definition) is 11. The van der Waals surface area contributed by atoms with E-state index >= 15 is 0 Å². The van der Waals surface area contributed by atoms with Gasteiger partial charge in [0.1, 0.15) is 12.4 Å². The molecule has 3 aromatic rings. The standard InChI is InChI=1S/C27H33N5O5.3C2HF3O2/c1-17-12-19(22-4-2-3-5-24(22)29-17)16-37-21-8-6-18(7-9-21)26(34)30-25-14-32(13-20(28)15-33)11-10-23(25)27(35)31-36;3*3-2(4,5)1(6)7/h2-9,12,20,23,25,33,36H,10-11,13-16,28H2,1H3,(H,30,34)(H,31,35);3*(H,6,7)/t20-,23+,25-;;;/m1.../s1. The number of fused-ring (bicyclic) bond motifs is 1. The molecule has 16 nitrogen and oxygen atoms in total. The van der Waals surface area contributed by atoms with Gasteiger partial charge in [0.15, 0.2) is 0 Å². The highest BCUT2D eigenvalue weighted by Gasteiger charge is 2.40. The minimum absolute atomic E-state index is 0.153. The number of rotatable bonds is 9.